The van der Waals surface area contributed by atoms with E-state index in [0.29, 0.717) is 11.4 Å². The van der Waals surface area contributed by atoms with Gasteiger partial charge in [-0.15, -0.1) is 0 Å². The normalized spacial score (nSPS) is 21.3. The number of sulfonamides is 1. The molecule has 2 N–H and O–H groups in total. The average molecular weight is 371 g/mol. The number of anilines is 1. The second-order valence-electron chi connectivity index (χ2n) is 4.66. The molecule has 1 unspecified atom stereocenters. The Hall–Kier alpha value is -0.480. The first-order valence-corrected chi connectivity index (χ1v) is 10.9. The molecule has 1 aliphatic heterocycles. The Kier molecular flexibility index (Phi) is 4.79. The van der Waals surface area contributed by atoms with Crippen LogP contribution in [0.4, 0.5) is 5.69 Å². The van der Waals surface area contributed by atoms with E-state index in [9.17, 15) is 16.8 Å². The lowest BCUT2D eigenvalue weighted by Crippen LogP contribution is -2.49. The van der Waals surface area contributed by atoms with Gasteiger partial charge in [-0.05, 0) is 18.2 Å². The van der Waals surface area contributed by atoms with Crippen LogP contribution in [0.15, 0.2) is 23.1 Å². The summed E-state index contributed by atoms with van der Waals surface area (Å²) in [5, 5.41) is -1.09. The summed E-state index contributed by atoms with van der Waals surface area (Å²) >= 11 is 7.37. The van der Waals surface area contributed by atoms with E-state index in [1.165, 1.54) is 30.0 Å². The van der Waals surface area contributed by atoms with Gasteiger partial charge in [0.15, 0.2) is 9.84 Å². The number of sulfone groups is 1. The fourth-order valence-electron chi connectivity index (χ4n) is 2.03. The number of hydrogen-bond donors (Lipinski definition) is 1. The number of halogens is 1. The van der Waals surface area contributed by atoms with Crippen LogP contribution in [0.2, 0.25) is 5.02 Å². The van der Waals surface area contributed by atoms with Gasteiger partial charge in [-0.2, -0.15) is 16.1 Å². The number of nitrogens with zero attached hydrogens (tertiary/aromatic N) is 1. The van der Waals surface area contributed by atoms with Crippen LogP contribution in [-0.2, 0) is 19.9 Å². The van der Waals surface area contributed by atoms with Gasteiger partial charge < -0.3 is 5.73 Å². The molecule has 0 aliphatic carbocycles. The van der Waals surface area contributed by atoms with Crippen LogP contribution in [0.3, 0.4) is 0 Å². The lowest BCUT2D eigenvalue weighted by Gasteiger charge is -2.33. The van der Waals surface area contributed by atoms with Gasteiger partial charge in [0.05, 0.1) is 5.02 Å². The second-order valence-corrected chi connectivity index (χ2v) is 10.3. The van der Waals surface area contributed by atoms with Crippen LogP contribution in [0.1, 0.15) is 0 Å². The van der Waals surface area contributed by atoms with E-state index in [0.717, 1.165) is 10.6 Å². The topological polar surface area (TPSA) is 97.5 Å². The monoisotopic (exact) mass is 370 g/mol. The minimum atomic E-state index is -3.99. The molecular weight excluding hydrogens is 356 g/mol. The highest BCUT2D eigenvalue weighted by Gasteiger charge is 2.40. The van der Waals surface area contributed by atoms with E-state index in [-0.39, 0.29) is 22.2 Å². The Balaban J connectivity index is 2.51. The van der Waals surface area contributed by atoms with E-state index in [2.05, 4.69) is 0 Å². The maximum Gasteiger partial charge on any atom is 0.245 e. The predicted molar refractivity (Wildman–Crippen MR) is 85.7 cm³/mol. The smallest absolute Gasteiger partial charge is 0.245 e. The highest BCUT2D eigenvalue weighted by atomic mass is 35.5. The summed E-state index contributed by atoms with van der Waals surface area (Å²) < 4.78 is 50.1. The Morgan fingerprint density at radius 1 is 1.33 bits per heavy atom. The van der Waals surface area contributed by atoms with Crippen LogP contribution in [0.5, 0.6) is 0 Å². The maximum atomic E-state index is 12.7. The molecule has 1 aliphatic rings. The molecule has 0 saturated carbocycles. The molecule has 0 spiro atoms. The summed E-state index contributed by atoms with van der Waals surface area (Å²) in [6.45, 7) is 0.130. The first-order chi connectivity index (χ1) is 9.64. The van der Waals surface area contributed by atoms with Crippen molar-refractivity contribution in [3.8, 4) is 0 Å². The predicted octanol–water partition coefficient (Wildman–Crippen LogP) is 1.03. The van der Waals surface area contributed by atoms with Crippen molar-refractivity contribution in [2.24, 2.45) is 0 Å². The fourth-order valence-corrected chi connectivity index (χ4v) is 7.73. The average Bonchev–Trinajstić information content (AvgIpc) is 2.37. The maximum absolute atomic E-state index is 12.7. The summed E-state index contributed by atoms with van der Waals surface area (Å²) in [7, 11) is -7.52. The van der Waals surface area contributed by atoms with Gasteiger partial charge in [0.25, 0.3) is 0 Å². The Morgan fingerprint density at radius 2 is 2.00 bits per heavy atom. The Bertz CT molecular complexity index is 749. The number of nitrogens with two attached hydrogens (primary N) is 1. The van der Waals surface area contributed by atoms with Gasteiger partial charge in [0.2, 0.25) is 10.0 Å². The molecule has 118 valence electrons. The van der Waals surface area contributed by atoms with Crippen molar-refractivity contribution in [3.63, 3.8) is 0 Å². The third-order valence-electron chi connectivity index (χ3n) is 3.07. The van der Waals surface area contributed by atoms with Crippen molar-refractivity contribution in [2.45, 2.75) is 10.3 Å². The number of hydrogen-bond acceptors (Lipinski definition) is 6. The van der Waals surface area contributed by atoms with Crippen LogP contribution in [-0.4, -0.2) is 50.8 Å². The molecule has 1 fully saturated rings. The van der Waals surface area contributed by atoms with Crippen molar-refractivity contribution in [2.75, 3.05) is 30.0 Å². The van der Waals surface area contributed by atoms with Gasteiger partial charge in [-0.1, -0.05) is 11.6 Å². The van der Waals surface area contributed by atoms with Gasteiger partial charge in [-0.25, -0.2) is 16.8 Å². The minimum absolute atomic E-state index is 0.0134. The molecule has 1 aromatic rings. The molecule has 21 heavy (non-hydrogen) atoms. The molecule has 0 bridgehead atoms. The third kappa shape index (κ3) is 3.48. The third-order valence-corrected chi connectivity index (χ3v) is 8.24. The Morgan fingerprint density at radius 3 is 2.57 bits per heavy atom. The zero-order valence-electron chi connectivity index (χ0n) is 11.2. The van der Waals surface area contributed by atoms with Crippen LogP contribution in [0, 0.1) is 0 Å². The van der Waals surface area contributed by atoms with Crippen molar-refractivity contribution >= 4 is 48.9 Å². The number of nitrogen functional groups attached to an aromatic ring is 1. The number of benzene rings is 1. The summed E-state index contributed by atoms with van der Waals surface area (Å²) in [4.78, 5) is -0.126. The standard InChI is InChI=1S/C11H15ClN2O4S3/c1-20(15,16)11-7-19-5-4-14(11)21(17,18)10-3-2-8(13)6-9(10)12/h2-3,6,11H,4-5,7,13H2,1H3. The molecule has 0 aromatic heterocycles. The summed E-state index contributed by atoms with van der Waals surface area (Å²) in [6, 6.07) is 4.06. The summed E-state index contributed by atoms with van der Waals surface area (Å²) in [5.74, 6) is 0.752. The van der Waals surface area contributed by atoms with Crippen molar-refractivity contribution in [3.05, 3.63) is 23.2 Å². The van der Waals surface area contributed by atoms with Gasteiger partial charge in [-0.3, -0.25) is 0 Å². The van der Waals surface area contributed by atoms with E-state index in [4.69, 9.17) is 17.3 Å². The van der Waals surface area contributed by atoms with E-state index in [1.54, 1.807) is 0 Å². The first-order valence-electron chi connectivity index (χ1n) is 5.97. The van der Waals surface area contributed by atoms with Crippen LogP contribution >= 0.6 is 23.4 Å². The molecule has 6 nitrogen and oxygen atoms in total. The molecule has 1 saturated heterocycles. The minimum Gasteiger partial charge on any atom is -0.399 e. The molecule has 1 aromatic carbocycles. The fraction of sp³-hybridized carbons (Fsp3) is 0.455. The molecule has 10 heteroatoms. The zero-order chi connectivity index (χ0) is 15.8. The quantitative estimate of drug-likeness (QED) is 0.798. The first kappa shape index (κ1) is 16.9. The lowest BCUT2D eigenvalue weighted by molar-refractivity contribution is 0.405. The summed E-state index contributed by atoms with van der Waals surface area (Å²) in [5.41, 5.74) is 5.89. The van der Waals surface area contributed by atoms with Gasteiger partial charge in [0, 0.05) is 30.0 Å². The van der Waals surface area contributed by atoms with Crippen molar-refractivity contribution in [1.82, 2.24) is 4.31 Å². The molecule has 0 amide bonds. The van der Waals surface area contributed by atoms with Gasteiger partial charge >= 0.3 is 0 Å². The Labute approximate surface area is 133 Å². The van der Waals surface area contributed by atoms with Gasteiger partial charge in [0.1, 0.15) is 10.3 Å². The van der Waals surface area contributed by atoms with Crippen LogP contribution < -0.4 is 5.73 Å². The largest absolute Gasteiger partial charge is 0.399 e. The zero-order valence-corrected chi connectivity index (χ0v) is 14.4. The highest BCUT2D eigenvalue weighted by Crippen LogP contribution is 2.31. The molecule has 1 heterocycles. The highest BCUT2D eigenvalue weighted by molar-refractivity contribution is 8.01. The molecule has 1 atom stereocenters. The van der Waals surface area contributed by atoms with Crippen molar-refractivity contribution < 1.29 is 16.8 Å². The number of rotatable bonds is 3. The van der Waals surface area contributed by atoms with Crippen molar-refractivity contribution in [1.29, 1.82) is 0 Å². The molecule has 2 rings (SSSR count). The second kappa shape index (κ2) is 5.96. The lowest BCUT2D eigenvalue weighted by atomic mass is 10.3. The van der Waals surface area contributed by atoms with E-state index in [1.807, 2.05) is 0 Å². The SMILES string of the molecule is CS(=O)(=O)C1CSCCN1S(=O)(=O)c1ccc(N)cc1Cl. The van der Waals surface area contributed by atoms with E-state index < -0.39 is 25.2 Å². The summed E-state index contributed by atoms with van der Waals surface area (Å²) in [6.07, 6.45) is 1.04. The number of thioether (sulfide) groups is 1. The molecule has 0 radical (unpaired) electrons. The van der Waals surface area contributed by atoms with E-state index >= 15 is 0 Å². The van der Waals surface area contributed by atoms with Crippen LogP contribution in [0.25, 0.3) is 0 Å². The molecular formula is C11H15ClN2O4S3.